The first-order valence-corrected chi connectivity index (χ1v) is 25.3. The van der Waals surface area contributed by atoms with Gasteiger partial charge in [-0.05, 0) is 12.8 Å². The highest BCUT2D eigenvalue weighted by atomic mass is 16.1. The molecule has 0 saturated carbocycles. The smallest absolute Gasteiger partial charge is 0.132 e. The van der Waals surface area contributed by atoms with E-state index in [-0.39, 0.29) is 0 Å². The minimum Gasteiger partial charge on any atom is -0.300 e. The van der Waals surface area contributed by atoms with Crippen molar-refractivity contribution in [1.29, 1.82) is 0 Å². The highest BCUT2D eigenvalue weighted by Gasteiger charge is 2.03. The van der Waals surface area contributed by atoms with E-state index in [1.54, 1.807) is 0 Å². The van der Waals surface area contributed by atoms with Gasteiger partial charge in [0.05, 0.1) is 0 Å². The van der Waals surface area contributed by atoms with Crippen LogP contribution in [-0.4, -0.2) is 5.78 Å². The molecule has 0 heterocycles. The van der Waals surface area contributed by atoms with Crippen molar-refractivity contribution in [3.63, 3.8) is 0 Å². The van der Waals surface area contributed by atoms with E-state index < -0.39 is 0 Å². The van der Waals surface area contributed by atoms with Crippen LogP contribution >= 0.6 is 0 Å². The van der Waals surface area contributed by atoms with Gasteiger partial charge in [0.15, 0.2) is 0 Å². The number of Topliss-reactive ketones (excluding diaryl/α,β-unsaturated/α-hetero) is 1. The quantitative estimate of drug-likeness (QED) is 0.0570. The molecule has 0 saturated heterocycles. The first-order chi connectivity index (χ1) is 25.8. The Morgan fingerprint density at radius 1 is 0.192 bits per heavy atom. The van der Waals surface area contributed by atoms with Crippen molar-refractivity contribution in [2.75, 3.05) is 0 Å². The Balaban J connectivity index is 3.14. The fourth-order valence-electron chi connectivity index (χ4n) is 8.34. The van der Waals surface area contributed by atoms with Crippen LogP contribution in [0.4, 0.5) is 0 Å². The average molecular weight is 731 g/mol. The summed E-state index contributed by atoms with van der Waals surface area (Å²) in [6.07, 6.45) is 67.2. The first kappa shape index (κ1) is 51.7. The predicted molar refractivity (Wildman–Crippen MR) is 238 cm³/mol. The van der Waals surface area contributed by atoms with E-state index in [1.807, 2.05) is 0 Å². The Hall–Kier alpha value is -0.330. The van der Waals surface area contributed by atoms with Crippen molar-refractivity contribution in [2.24, 2.45) is 0 Å². The molecule has 0 fully saturated rings. The maximum Gasteiger partial charge on any atom is 0.132 e. The fraction of sp³-hybridized carbons (Fsp3) is 0.980. The second-order valence-corrected chi connectivity index (χ2v) is 17.6. The second-order valence-electron chi connectivity index (χ2n) is 17.6. The van der Waals surface area contributed by atoms with E-state index in [2.05, 4.69) is 13.8 Å². The fourth-order valence-corrected chi connectivity index (χ4v) is 8.34. The summed E-state index contributed by atoms with van der Waals surface area (Å²) in [5.41, 5.74) is 0. The predicted octanol–water partition coefficient (Wildman–Crippen LogP) is 19.3. The molecule has 52 heavy (non-hydrogen) atoms. The number of hydrogen-bond acceptors (Lipinski definition) is 1. The van der Waals surface area contributed by atoms with Crippen molar-refractivity contribution in [3.05, 3.63) is 0 Å². The number of unbranched alkanes of at least 4 members (excludes halogenated alkanes) is 44. The molecule has 0 aromatic heterocycles. The van der Waals surface area contributed by atoms with Crippen molar-refractivity contribution in [1.82, 2.24) is 0 Å². The van der Waals surface area contributed by atoms with Gasteiger partial charge >= 0.3 is 0 Å². The lowest BCUT2D eigenvalue weighted by molar-refractivity contribution is -0.119. The molecule has 312 valence electrons. The highest BCUT2D eigenvalue weighted by Crippen LogP contribution is 2.18. The molecule has 0 aliphatic rings. The van der Waals surface area contributed by atoms with E-state index in [0.717, 1.165) is 25.7 Å². The number of carbonyl (C=O) groups is 1. The van der Waals surface area contributed by atoms with E-state index in [1.165, 1.54) is 283 Å². The summed E-state index contributed by atoms with van der Waals surface area (Å²) in [6.45, 7) is 4.61. The molecule has 0 rings (SSSR count). The molecule has 0 N–H and O–H groups in total. The molecule has 0 aliphatic carbocycles. The van der Waals surface area contributed by atoms with Crippen LogP contribution in [0.1, 0.15) is 322 Å². The largest absolute Gasteiger partial charge is 0.300 e. The Kier molecular flexibility index (Phi) is 48.4. The van der Waals surface area contributed by atoms with Gasteiger partial charge in [-0.2, -0.15) is 0 Å². The van der Waals surface area contributed by atoms with Gasteiger partial charge in [0.1, 0.15) is 5.78 Å². The molecule has 1 heteroatoms. The monoisotopic (exact) mass is 731 g/mol. The van der Waals surface area contributed by atoms with Crippen LogP contribution in [-0.2, 0) is 4.79 Å². The topological polar surface area (TPSA) is 17.1 Å². The molecule has 0 aromatic carbocycles. The van der Waals surface area contributed by atoms with Crippen molar-refractivity contribution < 1.29 is 4.79 Å². The summed E-state index contributed by atoms with van der Waals surface area (Å²) in [5.74, 6) is 0.534. The zero-order valence-corrected chi connectivity index (χ0v) is 36.8. The molecule has 0 unspecified atom stereocenters. The van der Waals surface area contributed by atoms with Gasteiger partial charge in [-0.25, -0.2) is 0 Å². The normalized spacial score (nSPS) is 11.6. The number of rotatable bonds is 48. The molecule has 1 nitrogen and oxygen atoms in total. The number of ketones is 1. The van der Waals surface area contributed by atoms with Crippen LogP contribution in [0, 0.1) is 0 Å². The summed E-state index contributed by atoms with van der Waals surface area (Å²) in [5, 5.41) is 0. The second kappa shape index (κ2) is 48.7. The Labute approximate surface area is 331 Å². The van der Waals surface area contributed by atoms with Gasteiger partial charge in [-0.15, -0.1) is 0 Å². The van der Waals surface area contributed by atoms with E-state index in [9.17, 15) is 4.79 Å². The van der Waals surface area contributed by atoms with Crippen LogP contribution in [0.3, 0.4) is 0 Å². The van der Waals surface area contributed by atoms with Crippen LogP contribution in [0.15, 0.2) is 0 Å². The van der Waals surface area contributed by atoms with Crippen LogP contribution in [0.25, 0.3) is 0 Å². The van der Waals surface area contributed by atoms with Crippen LogP contribution < -0.4 is 0 Å². The molecule has 0 aliphatic heterocycles. The van der Waals surface area contributed by atoms with Gasteiger partial charge in [-0.3, -0.25) is 4.79 Å². The number of hydrogen-bond donors (Lipinski definition) is 0. The van der Waals surface area contributed by atoms with Crippen LogP contribution in [0.5, 0.6) is 0 Å². The Morgan fingerprint density at radius 3 is 0.442 bits per heavy atom. The maximum absolute atomic E-state index is 12.3. The number of carbonyl (C=O) groups excluding carboxylic acids is 1. The van der Waals surface area contributed by atoms with Crippen molar-refractivity contribution in [3.8, 4) is 0 Å². The Bertz CT molecular complexity index is 625. The highest BCUT2D eigenvalue weighted by molar-refractivity contribution is 5.78. The van der Waals surface area contributed by atoms with Gasteiger partial charge in [0, 0.05) is 12.8 Å². The standard InChI is InChI=1S/C51H102O/c1-3-5-7-9-11-13-15-17-19-21-23-25-27-28-30-32-34-36-38-40-42-44-46-48-50-51(52)49-47-45-43-41-39-37-35-33-31-29-26-24-22-20-18-16-14-12-10-8-6-4-2/h3-50H2,1-2H3. The molecule has 0 amide bonds. The lowest BCUT2D eigenvalue weighted by Crippen LogP contribution is -1.97. The molecule has 0 spiro atoms. The summed E-state index contributed by atoms with van der Waals surface area (Å²) in [4.78, 5) is 12.3. The average Bonchev–Trinajstić information content (AvgIpc) is 3.15. The molecule has 0 radical (unpaired) electrons. The minimum atomic E-state index is 0.534. The SMILES string of the molecule is CCCCCCCCCCCCCCCCCCCCCCCCCCC(=O)CCCCCCCCCCCCCCCCCCCCCCCC. The summed E-state index contributed by atoms with van der Waals surface area (Å²) in [7, 11) is 0. The van der Waals surface area contributed by atoms with E-state index in [4.69, 9.17) is 0 Å². The van der Waals surface area contributed by atoms with Gasteiger partial charge < -0.3 is 0 Å². The van der Waals surface area contributed by atoms with Gasteiger partial charge in [-0.1, -0.05) is 296 Å². The third kappa shape index (κ3) is 47.7. The van der Waals surface area contributed by atoms with Crippen molar-refractivity contribution in [2.45, 2.75) is 322 Å². The lowest BCUT2D eigenvalue weighted by Gasteiger charge is -2.05. The molecule has 0 bridgehead atoms. The maximum atomic E-state index is 12.3. The zero-order valence-electron chi connectivity index (χ0n) is 36.8. The van der Waals surface area contributed by atoms with Crippen LogP contribution in [0.2, 0.25) is 0 Å². The zero-order chi connectivity index (χ0) is 37.5. The molecular formula is C51H102O. The third-order valence-corrected chi connectivity index (χ3v) is 12.1. The van der Waals surface area contributed by atoms with Gasteiger partial charge in [0.2, 0.25) is 0 Å². The first-order valence-electron chi connectivity index (χ1n) is 25.3. The summed E-state index contributed by atoms with van der Waals surface area (Å²) < 4.78 is 0. The van der Waals surface area contributed by atoms with Crippen molar-refractivity contribution >= 4 is 5.78 Å². The van der Waals surface area contributed by atoms with Gasteiger partial charge in [0.25, 0.3) is 0 Å². The third-order valence-electron chi connectivity index (χ3n) is 12.1. The summed E-state index contributed by atoms with van der Waals surface area (Å²) >= 11 is 0. The molecule has 0 atom stereocenters. The Morgan fingerprint density at radius 2 is 0.308 bits per heavy atom. The molecular weight excluding hydrogens is 629 g/mol. The lowest BCUT2D eigenvalue weighted by atomic mass is 10.0. The minimum absolute atomic E-state index is 0.534. The van der Waals surface area contributed by atoms with E-state index in [0.29, 0.717) is 5.78 Å². The molecule has 0 aromatic rings. The van der Waals surface area contributed by atoms with E-state index >= 15 is 0 Å². The summed E-state index contributed by atoms with van der Waals surface area (Å²) in [6, 6.07) is 0.